The Morgan fingerprint density at radius 2 is 1.72 bits per heavy atom. The minimum atomic E-state index is 0.777. The van der Waals surface area contributed by atoms with Gasteiger partial charge in [-0.1, -0.05) is 27.7 Å². The van der Waals surface area contributed by atoms with Crippen LogP contribution in [0.3, 0.4) is 0 Å². The van der Waals surface area contributed by atoms with E-state index in [1.54, 1.807) is 0 Å². The molecule has 106 valence electrons. The number of rotatable bonds is 8. The van der Waals surface area contributed by atoms with Crippen LogP contribution in [0.25, 0.3) is 0 Å². The first kappa shape index (κ1) is 14.3. The molecule has 0 aliphatic heterocycles. The van der Waals surface area contributed by atoms with Crippen LogP contribution in [0, 0.1) is 17.8 Å². The number of hydrogen-bond acceptors (Lipinski definition) is 2. The van der Waals surface area contributed by atoms with Gasteiger partial charge in [-0.25, -0.2) is 0 Å². The second-order valence-electron chi connectivity index (χ2n) is 7.28. The Morgan fingerprint density at radius 3 is 2.17 bits per heavy atom. The molecule has 2 fully saturated rings. The number of hydrogen-bond donors (Lipinski definition) is 1. The maximum Gasteiger partial charge on any atom is 0.0139 e. The highest BCUT2D eigenvalue weighted by Crippen LogP contribution is 2.39. The molecule has 2 heteroatoms. The minimum Gasteiger partial charge on any atom is -0.316 e. The van der Waals surface area contributed by atoms with E-state index in [1.165, 1.54) is 45.3 Å². The van der Waals surface area contributed by atoms with Crippen molar-refractivity contribution in [2.24, 2.45) is 17.8 Å². The average molecular weight is 252 g/mol. The monoisotopic (exact) mass is 252 g/mol. The summed E-state index contributed by atoms with van der Waals surface area (Å²) in [7, 11) is 0. The lowest BCUT2D eigenvalue weighted by Crippen LogP contribution is -2.52. The van der Waals surface area contributed by atoms with E-state index in [1.807, 2.05) is 0 Å². The molecule has 0 amide bonds. The molecule has 0 aromatic heterocycles. The van der Waals surface area contributed by atoms with Crippen molar-refractivity contribution in [1.82, 2.24) is 10.2 Å². The molecule has 1 N–H and O–H groups in total. The van der Waals surface area contributed by atoms with Crippen molar-refractivity contribution in [2.75, 3.05) is 19.6 Å². The van der Waals surface area contributed by atoms with Crippen LogP contribution in [-0.2, 0) is 0 Å². The third kappa shape index (κ3) is 3.96. The molecule has 0 saturated heterocycles. The molecule has 0 spiro atoms. The van der Waals surface area contributed by atoms with Crippen LogP contribution in [-0.4, -0.2) is 36.6 Å². The molecule has 2 saturated carbocycles. The smallest absolute Gasteiger partial charge is 0.0139 e. The van der Waals surface area contributed by atoms with Crippen LogP contribution in [0.15, 0.2) is 0 Å². The van der Waals surface area contributed by atoms with Crippen LogP contribution in [0.4, 0.5) is 0 Å². The number of nitrogens with one attached hydrogen (secondary N) is 1. The van der Waals surface area contributed by atoms with Gasteiger partial charge in [0.1, 0.15) is 0 Å². The Balaban J connectivity index is 1.76. The molecule has 0 aromatic carbocycles. The van der Waals surface area contributed by atoms with Gasteiger partial charge in [0.15, 0.2) is 0 Å². The summed E-state index contributed by atoms with van der Waals surface area (Å²) >= 11 is 0. The van der Waals surface area contributed by atoms with E-state index in [2.05, 4.69) is 37.9 Å². The van der Waals surface area contributed by atoms with Gasteiger partial charge in [0.05, 0.1) is 0 Å². The Morgan fingerprint density at radius 1 is 1.00 bits per heavy atom. The maximum absolute atomic E-state index is 3.66. The summed E-state index contributed by atoms with van der Waals surface area (Å²) in [5.41, 5.74) is 0. The SMILES string of the molecule is CC(C)CNCC1CCC1N(CC(C)C)C1CC1. The van der Waals surface area contributed by atoms with E-state index in [9.17, 15) is 0 Å². The predicted octanol–water partition coefficient (Wildman–Crippen LogP) is 3.13. The van der Waals surface area contributed by atoms with E-state index in [0.29, 0.717) is 0 Å². The molecule has 0 radical (unpaired) electrons. The average Bonchev–Trinajstić information content (AvgIpc) is 3.04. The topological polar surface area (TPSA) is 15.3 Å². The van der Waals surface area contributed by atoms with E-state index in [-0.39, 0.29) is 0 Å². The summed E-state index contributed by atoms with van der Waals surface area (Å²) in [6, 6.07) is 1.82. The zero-order chi connectivity index (χ0) is 13.1. The normalized spacial score (nSPS) is 28.2. The summed E-state index contributed by atoms with van der Waals surface area (Å²) in [6.45, 7) is 13.0. The van der Waals surface area contributed by atoms with Gasteiger partial charge >= 0.3 is 0 Å². The largest absolute Gasteiger partial charge is 0.316 e. The summed E-state index contributed by atoms with van der Waals surface area (Å²) < 4.78 is 0. The number of nitrogens with zero attached hydrogens (tertiary/aromatic N) is 1. The van der Waals surface area contributed by atoms with Gasteiger partial charge in [-0.05, 0) is 56.5 Å². The Kier molecular flexibility index (Phi) is 5.08. The molecule has 2 atom stereocenters. The van der Waals surface area contributed by atoms with Gasteiger partial charge < -0.3 is 5.32 Å². The van der Waals surface area contributed by atoms with Crippen LogP contribution >= 0.6 is 0 Å². The van der Waals surface area contributed by atoms with E-state index >= 15 is 0 Å². The molecule has 2 rings (SSSR count). The summed E-state index contributed by atoms with van der Waals surface area (Å²) in [6.07, 6.45) is 5.79. The molecule has 0 bridgehead atoms. The summed E-state index contributed by atoms with van der Waals surface area (Å²) in [5.74, 6) is 2.51. The molecular weight excluding hydrogens is 220 g/mol. The van der Waals surface area contributed by atoms with Crippen molar-refractivity contribution < 1.29 is 0 Å². The molecule has 2 aliphatic carbocycles. The molecular formula is C16H32N2. The second kappa shape index (κ2) is 6.38. The van der Waals surface area contributed by atoms with Crippen molar-refractivity contribution in [2.45, 2.75) is 65.5 Å². The Labute approximate surface area is 114 Å². The third-order valence-electron chi connectivity index (χ3n) is 4.35. The first-order chi connectivity index (χ1) is 8.58. The van der Waals surface area contributed by atoms with Crippen LogP contribution in [0.5, 0.6) is 0 Å². The van der Waals surface area contributed by atoms with Crippen molar-refractivity contribution >= 4 is 0 Å². The quantitative estimate of drug-likeness (QED) is 0.714. The highest BCUT2D eigenvalue weighted by Gasteiger charge is 2.41. The van der Waals surface area contributed by atoms with E-state index < -0.39 is 0 Å². The lowest BCUT2D eigenvalue weighted by Gasteiger charge is -2.45. The highest BCUT2D eigenvalue weighted by molar-refractivity contribution is 4.97. The second-order valence-corrected chi connectivity index (χ2v) is 7.28. The first-order valence-corrected chi connectivity index (χ1v) is 8.04. The summed E-state index contributed by atoms with van der Waals surface area (Å²) in [4.78, 5) is 2.84. The predicted molar refractivity (Wildman–Crippen MR) is 78.8 cm³/mol. The van der Waals surface area contributed by atoms with Crippen LogP contribution in [0.1, 0.15) is 53.4 Å². The summed E-state index contributed by atoms with van der Waals surface area (Å²) in [5, 5.41) is 3.66. The van der Waals surface area contributed by atoms with Crippen molar-refractivity contribution in [3.63, 3.8) is 0 Å². The maximum atomic E-state index is 3.66. The minimum absolute atomic E-state index is 0.777. The molecule has 18 heavy (non-hydrogen) atoms. The standard InChI is InChI=1S/C16H32N2/c1-12(2)9-17-10-14-5-8-16(14)18(11-13(3)4)15-6-7-15/h12-17H,5-11H2,1-4H3. The third-order valence-corrected chi connectivity index (χ3v) is 4.35. The molecule has 2 unspecified atom stereocenters. The molecule has 2 nitrogen and oxygen atoms in total. The fraction of sp³-hybridized carbons (Fsp3) is 1.00. The Bertz CT molecular complexity index is 245. The first-order valence-electron chi connectivity index (χ1n) is 8.04. The lowest BCUT2D eigenvalue weighted by molar-refractivity contribution is 0.0455. The van der Waals surface area contributed by atoms with Gasteiger partial charge in [-0.15, -0.1) is 0 Å². The van der Waals surface area contributed by atoms with Crippen LogP contribution in [0.2, 0.25) is 0 Å². The van der Waals surface area contributed by atoms with Gasteiger partial charge in [0, 0.05) is 18.6 Å². The van der Waals surface area contributed by atoms with Gasteiger partial charge in [-0.2, -0.15) is 0 Å². The lowest BCUT2D eigenvalue weighted by atomic mass is 9.78. The zero-order valence-corrected chi connectivity index (χ0v) is 12.8. The molecule has 0 aromatic rings. The molecule has 2 aliphatic rings. The van der Waals surface area contributed by atoms with Gasteiger partial charge in [-0.3, -0.25) is 4.90 Å². The van der Waals surface area contributed by atoms with E-state index in [4.69, 9.17) is 0 Å². The fourth-order valence-corrected chi connectivity index (χ4v) is 3.17. The van der Waals surface area contributed by atoms with Gasteiger partial charge in [0.25, 0.3) is 0 Å². The zero-order valence-electron chi connectivity index (χ0n) is 12.8. The molecule has 0 heterocycles. The van der Waals surface area contributed by atoms with Gasteiger partial charge in [0.2, 0.25) is 0 Å². The van der Waals surface area contributed by atoms with E-state index in [0.717, 1.165) is 29.8 Å². The Hall–Kier alpha value is -0.0800. The van der Waals surface area contributed by atoms with Crippen molar-refractivity contribution in [3.05, 3.63) is 0 Å². The van der Waals surface area contributed by atoms with Crippen LogP contribution < -0.4 is 5.32 Å². The van der Waals surface area contributed by atoms with Crippen molar-refractivity contribution in [1.29, 1.82) is 0 Å². The fourth-order valence-electron chi connectivity index (χ4n) is 3.17. The van der Waals surface area contributed by atoms with Crippen molar-refractivity contribution in [3.8, 4) is 0 Å². The highest BCUT2D eigenvalue weighted by atomic mass is 15.2.